The lowest BCUT2D eigenvalue weighted by Gasteiger charge is -2.36. The number of halogens is 1. The molecule has 0 spiro atoms. The number of pyridine rings is 1. The van der Waals surface area contributed by atoms with E-state index in [0.29, 0.717) is 12.3 Å². The number of hydrogen-bond acceptors (Lipinski definition) is 5. The van der Waals surface area contributed by atoms with Crippen LogP contribution in [0.3, 0.4) is 0 Å². The van der Waals surface area contributed by atoms with Crippen LogP contribution in [0.1, 0.15) is 16.7 Å². The van der Waals surface area contributed by atoms with Crippen LogP contribution in [0.2, 0.25) is 0 Å². The number of H-pyrrole nitrogens is 1. The standard InChI is InChI=1S/C29H34FN5O/c1-21-18-33-29-28(21)27(9-10-32-29)36-26-8-7-23(16-25(26)30)15-24(17-31)20-35-13-11-34(12-14-35)19-22-5-3-2-4-6-22/h2-10,16,18,24H,11-15,17,19-20,31H2,1H3,(H,32,33). The average molecular weight is 488 g/mol. The van der Waals surface area contributed by atoms with E-state index < -0.39 is 0 Å². The summed E-state index contributed by atoms with van der Waals surface area (Å²) in [5.74, 6) is 0.720. The Hall–Kier alpha value is -3.26. The SMILES string of the molecule is Cc1c[nH]c2nccc(Oc3ccc(CC(CN)CN4CCN(Cc5ccccc5)CC4)cc3F)c12. The molecule has 6 nitrogen and oxygen atoms in total. The van der Waals surface area contributed by atoms with Crippen LogP contribution in [-0.4, -0.2) is 59.0 Å². The second kappa shape index (κ2) is 11.2. The summed E-state index contributed by atoms with van der Waals surface area (Å²) < 4.78 is 21.0. The third kappa shape index (κ3) is 5.75. The average Bonchev–Trinajstić information content (AvgIpc) is 3.28. The van der Waals surface area contributed by atoms with Crippen LogP contribution >= 0.6 is 0 Å². The van der Waals surface area contributed by atoms with Gasteiger partial charge in [-0.1, -0.05) is 36.4 Å². The van der Waals surface area contributed by atoms with E-state index in [1.807, 2.05) is 19.2 Å². The van der Waals surface area contributed by atoms with E-state index in [-0.39, 0.29) is 17.5 Å². The summed E-state index contributed by atoms with van der Waals surface area (Å²) in [5.41, 5.74) is 10.2. The molecular weight excluding hydrogens is 453 g/mol. The number of aryl methyl sites for hydroxylation is 1. The Kier molecular flexibility index (Phi) is 7.60. The molecule has 1 saturated heterocycles. The van der Waals surface area contributed by atoms with Crippen molar-refractivity contribution in [2.45, 2.75) is 19.9 Å². The zero-order valence-corrected chi connectivity index (χ0v) is 20.8. The van der Waals surface area contributed by atoms with Crippen LogP contribution in [0.4, 0.5) is 4.39 Å². The Morgan fingerprint density at radius 1 is 1.00 bits per heavy atom. The number of hydrogen-bond donors (Lipinski definition) is 2. The van der Waals surface area contributed by atoms with Gasteiger partial charge >= 0.3 is 0 Å². The number of ether oxygens (including phenoxy) is 1. The van der Waals surface area contributed by atoms with E-state index in [9.17, 15) is 0 Å². The fourth-order valence-corrected chi connectivity index (χ4v) is 5.03. The number of fused-ring (bicyclic) bond motifs is 1. The van der Waals surface area contributed by atoms with Crippen LogP contribution < -0.4 is 10.5 Å². The number of nitrogens with zero attached hydrogens (tertiary/aromatic N) is 3. The molecule has 5 rings (SSSR count). The monoisotopic (exact) mass is 487 g/mol. The van der Waals surface area contributed by atoms with E-state index in [1.165, 1.54) is 5.56 Å². The van der Waals surface area contributed by atoms with Gasteiger partial charge in [0.25, 0.3) is 0 Å². The Labute approximate surface area is 211 Å². The number of aromatic amines is 1. The van der Waals surface area contributed by atoms with Crippen LogP contribution in [0.25, 0.3) is 11.0 Å². The topological polar surface area (TPSA) is 70.4 Å². The van der Waals surface area contributed by atoms with Crippen LogP contribution in [0, 0.1) is 18.7 Å². The molecular formula is C29H34FN5O. The number of piperazine rings is 1. The van der Waals surface area contributed by atoms with Gasteiger partial charge in [-0.25, -0.2) is 9.37 Å². The van der Waals surface area contributed by atoms with E-state index in [4.69, 9.17) is 10.5 Å². The summed E-state index contributed by atoms with van der Waals surface area (Å²) in [4.78, 5) is 12.4. The molecule has 0 saturated carbocycles. The Bertz CT molecular complexity index is 1280. The van der Waals surface area contributed by atoms with E-state index in [0.717, 1.165) is 67.8 Å². The van der Waals surface area contributed by atoms with Gasteiger partial charge in [-0.05, 0) is 60.7 Å². The van der Waals surface area contributed by atoms with Gasteiger partial charge < -0.3 is 20.4 Å². The Morgan fingerprint density at radius 3 is 2.53 bits per heavy atom. The fourth-order valence-electron chi connectivity index (χ4n) is 5.03. The largest absolute Gasteiger partial charge is 0.453 e. The summed E-state index contributed by atoms with van der Waals surface area (Å²) in [7, 11) is 0. The second-order valence-electron chi connectivity index (χ2n) is 9.74. The summed E-state index contributed by atoms with van der Waals surface area (Å²) in [6.07, 6.45) is 4.28. The fraction of sp³-hybridized carbons (Fsp3) is 0.345. The molecule has 0 aliphatic carbocycles. The summed E-state index contributed by atoms with van der Waals surface area (Å²) in [5, 5.41) is 0.869. The molecule has 7 heteroatoms. The highest BCUT2D eigenvalue weighted by atomic mass is 19.1. The molecule has 36 heavy (non-hydrogen) atoms. The zero-order valence-electron chi connectivity index (χ0n) is 20.8. The van der Waals surface area contributed by atoms with E-state index >= 15 is 4.39 Å². The molecule has 1 aliphatic rings. The highest BCUT2D eigenvalue weighted by molar-refractivity contribution is 5.86. The first-order chi connectivity index (χ1) is 17.6. The van der Waals surface area contributed by atoms with Crippen molar-refractivity contribution in [2.75, 3.05) is 39.3 Å². The zero-order chi connectivity index (χ0) is 24.9. The Morgan fingerprint density at radius 2 is 1.78 bits per heavy atom. The maximum absolute atomic E-state index is 15.0. The first-order valence-electron chi connectivity index (χ1n) is 12.7. The summed E-state index contributed by atoms with van der Waals surface area (Å²) in [6, 6.07) is 17.6. The lowest BCUT2D eigenvalue weighted by Crippen LogP contribution is -2.48. The van der Waals surface area contributed by atoms with Gasteiger partial charge in [0, 0.05) is 51.7 Å². The van der Waals surface area contributed by atoms with Crippen LogP contribution in [0.15, 0.2) is 67.0 Å². The minimum Gasteiger partial charge on any atom is -0.453 e. The lowest BCUT2D eigenvalue weighted by molar-refractivity contribution is 0.114. The lowest BCUT2D eigenvalue weighted by atomic mass is 9.98. The van der Waals surface area contributed by atoms with Gasteiger partial charge in [0.15, 0.2) is 11.6 Å². The molecule has 0 amide bonds. The molecule has 3 heterocycles. The van der Waals surface area contributed by atoms with Gasteiger partial charge in [-0.15, -0.1) is 0 Å². The molecule has 1 atom stereocenters. The number of nitrogens with one attached hydrogen (secondary N) is 1. The van der Waals surface area contributed by atoms with Crippen LogP contribution in [0.5, 0.6) is 11.5 Å². The summed E-state index contributed by atoms with van der Waals surface area (Å²) >= 11 is 0. The van der Waals surface area contributed by atoms with Gasteiger partial charge in [0.2, 0.25) is 0 Å². The number of nitrogens with two attached hydrogens (primary N) is 1. The van der Waals surface area contributed by atoms with Crippen molar-refractivity contribution < 1.29 is 9.13 Å². The number of benzene rings is 2. The Balaban J connectivity index is 1.16. The molecule has 4 aromatic rings. The first-order valence-corrected chi connectivity index (χ1v) is 12.7. The van der Waals surface area contributed by atoms with Crippen LogP contribution in [-0.2, 0) is 13.0 Å². The highest BCUT2D eigenvalue weighted by Crippen LogP contribution is 2.32. The predicted molar refractivity (Wildman–Crippen MR) is 142 cm³/mol. The van der Waals surface area contributed by atoms with Gasteiger partial charge in [0.1, 0.15) is 11.4 Å². The minimum atomic E-state index is -0.365. The van der Waals surface area contributed by atoms with E-state index in [2.05, 4.69) is 50.1 Å². The van der Waals surface area contributed by atoms with Crippen molar-refractivity contribution in [3.8, 4) is 11.5 Å². The van der Waals surface area contributed by atoms with Crippen molar-refractivity contribution in [3.05, 3.63) is 89.5 Å². The molecule has 1 fully saturated rings. The van der Waals surface area contributed by atoms with Gasteiger partial charge in [-0.3, -0.25) is 4.90 Å². The molecule has 1 aliphatic heterocycles. The van der Waals surface area contributed by atoms with Crippen molar-refractivity contribution >= 4 is 11.0 Å². The number of aromatic nitrogens is 2. The maximum Gasteiger partial charge on any atom is 0.165 e. The van der Waals surface area contributed by atoms with Gasteiger partial charge in [-0.2, -0.15) is 0 Å². The molecule has 2 aromatic carbocycles. The second-order valence-corrected chi connectivity index (χ2v) is 9.74. The maximum atomic E-state index is 15.0. The minimum absolute atomic E-state index is 0.214. The molecule has 0 bridgehead atoms. The van der Waals surface area contributed by atoms with Crippen molar-refractivity contribution in [2.24, 2.45) is 11.7 Å². The smallest absolute Gasteiger partial charge is 0.165 e. The predicted octanol–water partition coefficient (Wildman–Crippen LogP) is 4.74. The first kappa shape index (κ1) is 24.4. The molecule has 0 radical (unpaired) electrons. The quantitative estimate of drug-likeness (QED) is 0.357. The van der Waals surface area contributed by atoms with Crippen molar-refractivity contribution in [1.82, 2.24) is 19.8 Å². The molecule has 1 unspecified atom stereocenters. The highest BCUT2D eigenvalue weighted by Gasteiger charge is 2.21. The normalized spacial score (nSPS) is 15.9. The number of rotatable bonds is 9. The third-order valence-corrected chi connectivity index (χ3v) is 7.04. The molecule has 3 N–H and O–H groups in total. The van der Waals surface area contributed by atoms with E-state index in [1.54, 1.807) is 24.4 Å². The van der Waals surface area contributed by atoms with Gasteiger partial charge in [0.05, 0.1) is 5.39 Å². The van der Waals surface area contributed by atoms with Crippen molar-refractivity contribution in [3.63, 3.8) is 0 Å². The summed E-state index contributed by atoms with van der Waals surface area (Å²) in [6.45, 7) is 8.64. The molecule has 188 valence electrons. The molecule has 2 aromatic heterocycles. The third-order valence-electron chi connectivity index (χ3n) is 7.04. The van der Waals surface area contributed by atoms with Crippen molar-refractivity contribution in [1.29, 1.82) is 0 Å².